The summed E-state index contributed by atoms with van der Waals surface area (Å²) < 4.78 is 26.5. The number of hydrogen-bond donors (Lipinski definition) is 2. The minimum absolute atomic E-state index is 0.0896. The summed E-state index contributed by atoms with van der Waals surface area (Å²) in [7, 11) is 0. The number of amides is 1. The molecule has 23 heavy (non-hydrogen) atoms. The fraction of sp³-hybridized carbons (Fsp3) is 0.533. The molecule has 0 bridgehead atoms. The van der Waals surface area contributed by atoms with Gasteiger partial charge in [0.05, 0.1) is 12.7 Å². The zero-order valence-corrected chi connectivity index (χ0v) is 12.8. The summed E-state index contributed by atoms with van der Waals surface area (Å²) in [5, 5.41) is 11.6. The summed E-state index contributed by atoms with van der Waals surface area (Å²) in [6.45, 7) is 2.84. The monoisotopic (exact) mass is 327 g/mol. The molecule has 2 atom stereocenters. The minimum Gasteiger partial charge on any atom is -0.480 e. The van der Waals surface area contributed by atoms with Gasteiger partial charge in [0.15, 0.2) is 11.5 Å². The highest BCUT2D eigenvalue weighted by Crippen LogP contribution is 2.22. The number of rotatable bonds is 6. The van der Waals surface area contributed by atoms with Crippen LogP contribution in [0.5, 0.6) is 0 Å². The Hall–Kier alpha value is -2.09. The molecule has 6 nitrogen and oxygen atoms in total. The van der Waals surface area contributed by atoms with Crippen molar-refractivity contribution in [2.75, 3.05) is 19.6 Å². The molecular formula is C15H19F2N3O3. The fourth-order valence-electron chi connectivity index (χ4n) is 2.93. The summed E-state index contributed by atoms with van der Waals surface area (Å²) in [6, 6.07) is 0.324. The number of carboxylic acids is 1. The van der Waals surface area contributed by atoms with Crippen molar-refractivity contribution < 1.29 is 23.5 Å². The van der Waals surface area contributed by atoms with Crippen molar-refractivity contribution in [1.29, 1.82) is 0 Å². The second kappa shape index (κ2) is 7.45. The molecule has 2 N–H and O–H groups in total. The number of likely N-dealkylation sites (tertiary alicyclic amines) is 1. The van der Waals surface area contributed by atoms with Crippen molar-refractivity contribution in [1.82, 2.24) is 15.2 Å². The van der Waals surface area contributed by atoms with E-state index in [4.69, 9.17) is 5.11 Å². The minimum atomic E-state index is -1.02. The quantitative estimate of drug-likeness (QED) is 0.822. The number of aliphatic carboxylic acids is 1. The molecule has 1 aliphatic rings. The SMILES string of the molecule is CCC[C@@H]1CN(CC(=O)O)C[C@H]1NC(=O)c1ncc(F)cc1F. The van der Waals surface area contributed by atoms with Crippen LogP contribution < -0.4 is 5.32 Å². The van der Waals surface area contributed by atoms with E-state index in [0.717, 1.165) is 19.0 Å². The van der Waals surface area contributed by atoms with Gasteiger partial charge in [-0.15, -0.1) is 0 Å². The molecule has 1 saturated heterocycles. The van der Waals surface area contributed by atoms with E-state index in [0.29, 0.717) is 19.2 Å². The van der Waals surface area contributed by atoms with Gasteiger partial charge in [-0.2, -0.15) is 0 Å². The Kier molecular flexibility index (Phi) is 5.59. The van der Waals surface area contributed by atoms with Gasteiger partial charge in [-0.3, -0.25) is 14.5 Å². The molecule has 2 heterocycles. The van der Waals surface area contributed by atoms with Crippen molar-refractivity contribution in [3.8, 4) is 0 Å². The normalized spacial score (nSPS) is 21.3. The number of halogens is 2. The van der Waals surface area contributed by atoms with Crippen LogP contribution in [0.2, 0.25) is 0 Å². The van der Waals surface area contributed by atoms with Crippen LogP contribution >= 0.6 is 0 Å². The van der Waals surface area contributed by atoms with Crippen LogP contribution in [0.25, 0.3) is 0 Å². The van der Waals surface area contributed by atoms with Crippen LogP contribution in [0.1, 0.15) is 30.3 Å². The van der Waals surface area contributed by atoms with Crippen molar-refractivity contribution >= 4 is 11.9 Å². The van der Waals surface area contributed by atoms with Gasteiger partial charge in [0.1, 0.15) is 5.82 Å². The van der Waals surface area contributed by atoms with Crippen molar-refractivity contribution in [2.45, 2.75) is 25.8 Å². The molecule has 1 aromatic rings. The van der Waals surface area contributed by atoms with Crippen LogP contribution in [0.3, 0.4) is 0 Å². The molecule has 1 fully saturated rings. The number of nitrogens with one attached hydrogen (secondary N) is 1. The third-order valence-electron chi connectivity index (χ3n) is 3.87. The lowest BCUT2D eigenvalue weighted by Gasteiger charge is -2.19. The third kappa shape index (κ3) is 4.44. The zero-order chi connectivity index (χ0) is 17.0. The maximum Gasteiger partial charge on any atom is 0.317 e. The van der Waals surface area contributed by atoms with Gasteiger partial charge in [-0.25, -0.2) is 13.8 Å². The van der Waals surface area contributed by atoms with Crippen LogP contribution in [0.15, 0.2) is 12.3 Å². The first-order chi connectivity index (χ1) is 10.9. The molecule has 0 aromatic carbocycles. The molecule has 1 amide bonds. The Morgan fingerprint density at radius 1 is 1.43 bits per heavy atom. The van der Waals surface area contributed by atoms with E-state index >= 15 is 0 Å². The Morgan fingerprint density at radius 2 is 2.17 bits per heavy atom. The maximum absolute atomic E-state index is 13.6. The van der Waals surface area contributed by atoms with E-state index in [-0.39, 0.29) is 18.5 Å². The van der Waals surface area contributed by atoms with Gasteiger partial charge < -0.3 is 10.4 Å². The molecule has 0 saturated carbocycles. The zero-order valence-electron chi connectivity index (χ0n) is 12.8. The van der Waals surface area contributed by atoms with Crippen LogP contribution in [-0.2, 0) is 4.79 Å². The number of carboxylic acid groups (broad SMARTS) is 1. The largest absolute Gasteiger partial charge is 0.480 e. The lowest BCUT2D eigenvalue weighted by atomic mass is 9.98. The van der Waals surface area contributed by atoms with Gasteiger partial charge in [0.25, 0.3) is 5.91 Å². The number of carbonyl (C=O) groups is 2. The number of hydrogen-bond acceptors (Lipinski definition) is 4. The molecule has 2 rings (SSSR count). The topological polar surface area (TPSA) is 82.5 Å². The summed E-state index contributed by atoms with van der Waals surface area (Å²) in [4.78, 5) is 28.2. The van der Waals surface area contributed by atoms with E-state index < -0.39 is 29.2 Å². The summed E-state index contributed by atoms with van der Waals surface area (Å²) in [5.74, 6) is -3.43. The van der Waals surface area contributed by atoms with Gasteiger partial charge in [0, 0.05) is 25.2 Å². The smallest absolute Gasteiger partial charge is 0.317 e. The van der Waals surface area contributed by atoms with Gasteiger partial charge in [-0.05, 0) is 12.3 Å². The van der Waals surface area contributed by atoms with Gasteiger partial charge in [0.2, 0.25) is 0 Å². The number of carbonyl (C=O) groups excluding carboxylic acids is 1. The molecule has 1 aromatic heterocycles. The lowest BCUT2D eigenvalue weighted by molar-refractivity contribution is -0.138. The van der Waals surface area contributed by atoms with Crippen LogP contribution in [0, 0.1) is 17.6 Å². The Morgan fingerprint density at radius 3 is 2.78 bits per heavy atom. The predicted octanol–water partition coefficient (Wildman–Crippen LogP) is 1.27. The summed E-state index contributed by atoms with van der Waals surface area (Å²) in [6.07, 6.45) is 2.49. The molecule has 0 unspecified atom stereocenters. The molecule has 0 aliphatic carbocycles. The van der Waals surface area contributed by atoms with E-state index in [2.05, 4.69) is 10.3 Å². The van der Waals surface area contributed by atoms with E-state index in [1.807, 2.05) is 6.92 Å². The highest BCUT2D eigenvalue weighted by molar-refractivity contribution is 5.92. The fourth-order valence-corrected chi connectivity index (χ4v) is 2.93. The summed E-state index contributed by atoms with van der Waals surface area (Å²) in [5.41, 5.74) is -0.460. The second-order valence-electron chi connectivity index (χ2n) is 5.70. The molecule has 0 spiro atoms. The van der Waals surface area contributed by atoms with Crippen molar-refractivity contribution in [2.24, 2.45) is 5.92 Å². The van der Waals surface area contributed by atoms with Crippen LogP contribution in [0.4, 0.5) is 8.78 Å². The average molecular weight is 327 g/mol. The third-order valence-corrected chi connectivity index (χ3v) is 3.87. The number of nitrogens with zero attached hydrogens (tertiary/aromatic N) is 2. The van der Waals surface area contributed by atoms with E-state index in [1.165, 1.54) is 0 Å². The molecular weight excluding hydrogens is 308 g/mol. The molecule has 0 radical (unpaired) electrons. The van der Waals surface area contributed by atoms with Gasteiger partial charge >= 0.3 is 5.97 Å². The van der Waals surface area contributed by atoms with Gasteiger partial charge in [-0.1, -0.05) is 13.3 Å². The Balaban J connectivity index is 2.06. The van der Waals surface area contributed by atoms with E-state index in [1.54, 1.807) is 4.90 Å². The Labute approximate surface area is 132 Å². The van der Waals surface area contributed by atoms with E-state index in [9.17, 15) is 18.4 Å². The standard InChI is InChI=1S/C15H19F2N3O3/c1-2-3-9-6-20(8-13(21)22)7-12(9)19-15(23)14-11(17)4-10(16)5-18-14/h4-5,9,12H,2-3,6-8H2,1H3,(H,19,23)(H,21,22)/t9-,12-/m1/s1. The lowest BCUT2D eigenvalue weighted by Crippen LogP contribution is -2.41. The predicted molar refractivity (Wildman–Crippen MR) is 77.9 cm³/mol. The molecule has 1 aliphatic heterocycles. The highest BCUT2D eigenvalue weighted by atomic mass is 19.1. The number of pyridine rings is 1. The Bertz CT molecular complexity index is 597. The van der Waals surface area contributed by atoms with Crippen molar-refractivity contribution in [3.05, 3.63) is 29.6 Å². The number of aromatic nitrogens is 1. The summed E-state index contributed by atoms with van der Waals surface area (Å²) >= 11 is 0. The van der Waals surface area contributed by atoms with Crippen LogP contribution in [-0.4, -0.2) is 52.5 Å². The highest BCUT2D eigenvalue weighted by Gasteiger charge is 2.34. The molecule has 8 heteroatoms. The molecule has 126 valence electrons. The average Bonchev–Trinajstić information content (AvgIpc) is 2.79. The first kappa shape index (κ1) is 17.3. The first-order valence-corrected chi connectivity index (χ1v) is 7.46. The van der Waals surface area contributed by atoms with Crippen molar-refractivity contribution in [3.63, 3.8) is 0 Å². The first-order valence-electron chi connectivity index (χ1n) is 7.46. The maximum atomic E-state index is 13.6. The second-order valence-corrected chi connectivity index (χ2v) is 5.70.